The van der Waals surface area contributed by atoms with Crippen molar-refractivity contribution in [2.24, 2.45) is 5.92 Å². The van der Waals surface area contributed by atoms with Crippen LogP contribution in [0.3, 0.4) is 0 Å². The van der Waals surface area contributed by atoms with E-state index in [0.29, 0.717) is 16.5 Å². The minimum atomic E-state index is -0.101. The molecule has 0 fully saturated rings. The first-order chi connectivity index (χ1) is 9.99. The summed E-state index contributed by atoms with van der Waals surface area (Å²) in [5, 5.41) is 3.70. The molecule has 0 spiro atoms. The molecule has 0 aromatic heterocycles. The molecule has 0 bridgehead atoms. The van der Waals surface area contributed by atoms with Crippen LogP contribution in [-0.2, 0) is 0 Å². The van der Waals surface area contributed by atoms with Crippen LogP contribution >= 0.6 is 34.2 Å². The Balaban J connectivity index is 2.21. The maximum atomic E-state index is 12.4. The third-order valence-corrected chi connectivity index (χ3v) is 4.87. The number of amides is 1. The van der Waals surface area contributed by atoms with E-state index in [1.165, 1.54) is 0 Å². The summed E-state index contributed by atoms with van der Waals surface area (Å²) in [7, 11) is 0. The van der Waals surface area contributed by atoms with Gasteiger partial charge in [0.1, 0.15) is 0 Å². The number of benzene rings is 2. The molecule has 21 heavy (non-hydrogen) atoms. The Morgan fingerprint density at radius 2 is 1.81 bits per heavy atom. The fraction of sp³-hybridized carbons (Fsp3) is 0.235. The van der Waals surface area contributed by atoms with E-state index in [-0.39, 0.29) is 11.9 Å². The van der Waals surface area contributed by atoms with Crippen LogP contribution in [-0.4, -0.2) is 5.91 Å². The van der Waals surface area contributed by atoms with E-state index in [1.54, 1.807) is 12.1 Å². The molecule has 4 heteroatoms. The molecule has 1 unspecified atom stereocenters. The highest BCUT2D eigenvalue weighted by Crippen LogP contribution is 2.23. The number of hydrogen-bond acceptors (Lipinski definition) is 1. The van der Waals surface area contributed by atoms with Crippen LogP contribution in [0, 0.1) is 9.49 Å². The summed E-state index contributed by atoms with van der Waals surface area (Å²) in [4.78, 5) is 12.4. The summed E-state index contributed by atoms with van der Waals surface area (Å²) in [5.74, 6) is 0.200. The Kier molecular flexibility index (Phi) is 5.65. The second-order valence-electron chi connectivity index (χ2n) is 5.23. The standard InChI is InChI=1S/C17H17ClINO/c1-11(2)16(12-6-4-3-5-7-12)20-17(21)13-8-9-15(19)14(18)10-13/h3-11,16H,1-2H3,(H,20,21). The lowest BCUT2D eigenvalue weighted by molar-refractivity contribution is 0.0925. The first-order valence-electron chi connectivity index (χ1n) is 6.80. The second-order valence-corrected chi connectivity index (χ2v) is 6.80. The molecule has 0 saturated heterocycles. The number of hydrogen-bond donors (Lipinski definition) is 1. The number of nitrogens with one attached hydrogen (secondary N) is 1. The zero-order valence-corrected chi connectivity index (χ0v) is 14.9. The minimum Gasteiger partial charge on any atom is -0.345 e. The van der Waals surface area contributed by atoms with Crippen molar-refractivity contribution >= 4 is 40.1 Å². The highest BCUT2D eigenvalue weighted by Gasteiger charge is 2.19. The van der Waals surface area contributed by atoms with Crippen molar-refractivity contribution in [3.63, 3.8) is 0 Å². The van der Waals surface area contributed by atoms with Gasteiger partial charge in [0.15, 0.2) is 0 Å². The van der Waals surface area contributed by atoms with Crippen LogP contribution in [0.2, 0.25) is 5.02 Å². The van der Waals surface area contributed by atoms with Gasteiger partial charge in [-0.1, -0.05) is 55.8 Å². The lowest BCUT2D eigenvalue weighted by Crippen LogP contribution is -2.31. The fourth-order valence-electron chi connectivity index (χ4n) is 2.16. The van der Waals surface area contributed by atoms with Crippen LogP contribution in [0.4, 0.5) is 0 Å². The third-order valence-electron chi connectivity index (χ3n) is 3.29. The van der Waals surface area contributed by atoms with E-state index in [2.05, 4.69) is 41.8 Å². The van der Waals surface area contributed by atoms with Crippen molar-refractivity contribution < 1.29 is 4.79 Å². The molecule has 0 saturated carbocycles. The van der Waals surface area contributed by atoms with Gasteiger partial charge in [-0.15, -0.1) is 0 Å². The van der Waals surface area contributed by atoms with Crippen LogP contribution in [0.15, 0.2) is 48.5 Å². The Morgan fingerprint density at radius 1 is 1.14 bits per heavy atom. The predicted octanol–water partition coefficient (Wildman–Crippen LogP) is 5.07. The van der Waals surface area contributed by atoms with Gasteiger partial charge in [-0.25, -0.2) is 0 Å². The van der Waals surface area contributed by atoms with Crippen LogP contribution in [0.5, 0.6) is 0 Å². The van der Waals surface area contributed by atoms with Gasteiger partial charge in [0, 0.05) is 9.13 Å². The van der Waals surface area contributed by atoms with Gasteiger partial charge in [0.05, 0.1) is 11.1 Å². The van der Waals surface area contributed by atoms with Gasteiger partial charge in [0.2, 0.25) is 0 Å². The van der Waals surface area contributed by atoms with Crippen molar-refractivity contribution in [2.75, 3.05) is 0 Å². The molecule has 2 rings (SSSR count). The Hall–Kier alpha value is -1.07. The van der Waals surface area contributed by atoms with E-state index in [1.807, 2.05) is 36.4 Å². The summed E-state index contributed by atoms with van der Waals surface area (Å²) in [5.41, 5.74) is 1.69. The number of rotatable bonds is 4. The Bertz CT molecular complexity index is 628. The van der Waals surface area contributed by atoms with Crippen molar-refractivity contribution in [3.8, 4) is 0 Å². The van der Waals surface area contributed by atoms with E-state index in [4.69, 9.17) is 11.6 Å². The van der Waals surface area contributed by atoms with Gasteiger partial charge in [-0.05, 0) is 52.3 Å². The largest absolute Gasteiger partial charge is 0.345 e. The highest BCUT2D eigenvalue weighted by molar-refractivity contribution is 14.1. The number of halogens is 2. The highest BCUT2D eigenvalue weighted by atomic mass is 127. The maximum absolute atomic E-state index is 12.4. The van der Waals surface area contributed by atoms with Crippen molar-refractivity contribution in [1.29, 1.82) is 0 Å². The van der Waals surface area contributed by atoms with Crippen molar-refractivity contribution in [3.05, 3.63) is 68.3 Å². The molecule has 0 aliphatic rings. The summed E-state index contributed by atoms with van der Waals surface area (Å²) in [6.07, 6.45) is 0. The molecule has 1 atom stereocenters. The van der Waals surface area contributed by atoms with Crippen molar-refractivity contribution in [1.82, 2.24) is 5.32 Å². The summed E-state index contributed by atoms with van der Waals surface area (Å²) >= 11 is 8.23. The van der Waals surface area contributed by atoms with E-state index < -0.39 is 0 Å². The fourth-order valence-corrected chi connectivity index (χ4v) is 2.67. The van der Waals surface area contributed by atoms with Gasteiger partial charge in [0.25, 0.3) is 5.91 Å². The molecule has 110 valence electrons. The smallest absolute Gasteiger partial charge is 0.251 e. The molecular weight excluding hydrogens is 397 g/mol. The number of carbonyl (C=O) groups is 1. The topological polar surface area (TPSA) is 29.1 Å². The predicted molar refractivity (Wildman–Crippen MR) is 95.7 cm³/mol. The quantitative estimate of drug-likeness (QED) is 0.697. The van der Waals surface area contributed by atoms with Gasteiger partial charge in [-0.2, -0.15) is 0 Å². The summed E-state index contributed by atoms with van der Waals surface area (Å²) in [6.45, 7) is 4.19. The lowest BCUT2D eigenvalue weighted by atomic mass is 9.95. The molecule has 2 aromatic rings. The molecule has 0 aliphatic carbocycles. The van der Waals surface area contributed by atoms with Crippen LogP contribution < -0.4 is 5.32 Å². The Labute approximate surface area is 144 Å². The molecule has 2 nitrogen and oxygen atoms in total. The van der Waals surface area contributed by atoms with Crippen molar-refractivity contribution in [2.45, 2.75) is 19.9 Å². The normalized spacial score (nSPS) is 12.2. The SMILES string of the molecule is CC(C)C(NC(=O)c1ccc(I)c(Cl)c1)c1ccccc1. The van der Waals surface area contributed by atoms with Gasteiger partial charge < -0.3 is 5.32 Å². The molecule has 1 N–H and O–H groups in total. The molecule has 0 heterocycles. The second kappa shape index (κ2) is 7.27. The molecular formula is C17H17ClINO. The van der Waals surface area contributed by atoms with Gasteiger partial charge in [-0.3, -0.25) is 4.79 Å². The maximum Gasteiger partial charge on any atom is 0.251 e. The first kappa shape index (κ1) is 16.3. The van der Waals surface area contributed by atoms with Gasteiger partial charge >= 0.3 is 0 Å². The lowest BCUT2D eigenvalue weighted by Gasteiger charge is -2.23. The first-order valence-corrected chi connectivity index (χ1v) is 8.25. The molecule has 1 amide bonds. The van der Waals surface area contributed by atoms with Crippen LogP contribution in [0.1, 0.15) is 35.8 Å². The average Bonchev–Trinajstić information content (AvgIpc) is 2.48. The van der Waals surface area contributed by atoms with E-state index >= 15 is 0 Å². The number of carbonyl (C=O) groups excluding carboxylic acids is 1. The summed E-state index contributed by atoms with van der Waals surface area (Å²) in [6, 6.07) is 15.4. The zero-order valence-electron chi connectivity index (χ0n) is 11.9. The van der Waals surface area contributed by atoms with E-state index in [0.717, 1.165) is 9.13 Å². The monoisotopic (exact) mass is 413 g/mol. The molecule has 0 aliphatic heterocycles. The Morgan fingerprint density at radius 3 is 2.38 bits per heavy atom. The zero-order chi connectivity index (χ0) is 15.4. The molecule has 0 radical (unpaired) electrons. The molecule has 2 aromatic carbocycles. The van der Waals surface area contributed by atoms with E-state index in [9.17, 15) is 4.79 Å². The third kappa shape index (κ3) is 4.20. The minimum absolute atomic E-state index is 0.0169. The summed E-state index contributed by atoms with van der Waals surface area (Å²) < 4.78 is 0.939. The average molecular weight is 414 g/mol. The van der Waals surface area contributed by atoms with Crippen LogP contribution in [0.25, 0.3) is 0 Å².